The number of hydrogen-bond donors (Lipinski definition) is 2. The number of carbonyl (C=O) groups excluding carboxylic acids is 1. The van der Waals surface area contributed by atoms with E-state index in [1.165, 1.54) is 6.92 Å². The molecular weight excluding hydrogens is 223 g/mol. The van der Waals surface area contributed by atoms with Gasteiger partial charge >= 0.3 is 13.6 Å². The topological polar surface area (TPSA) is 93.1 Å². The van der Waals surface area contributed by atoms with Gasteiger partial charge in [0.15, 0.2) is 0 Å². The Morgan fingerprint density at radius 2 is 1.93 bits per heavy atom. The highest BCUT2D eigenvalue weighted by molar-refractivity contribution is 7.51. The fourth-order valence-corrected chi connectivity index (χ4v) is 0.969. The second kappa shape index (κ2) is 6.74. The molecule has 0 amide bonds. The fraction of sp³-hybridized carbons (Fsp3) is 0.625. The summed E-state index contributed by atoms with van der Waals surface area (Å²) in [5, 5.41) is 0. The monoisotopic (exact) mass is 238 g/mol. The highest BCUT2D eigenvalue weighted by Crippen LogP contribution is 2.33. The summed E-state index contributed by atoms with van der Waals surface area (Å²) in [6.45, 7) is 5.01. The van der Waals surface area contributed by atoms with Gasteiger partial charge in [-0.3, -0.25) is 4.57 Å². The molecule has 0 saturated heterocycles. The lowest BCUT2D eigenvalue weighted by Crippen LogP contribution is -2.12. The van der Waals surface area contributed by atoms with Gasteiger partial charge in [0, 0.05) is 5.57 Å². The molecule has 15 heavy (non-hydrogen) atoms. The number of carbonyl (C=O) groups is 1. The molecule has 0 aromatic rings. The summed E-state index contributed by atoms with van der Waals surface area (Å²) in [4.78, 5) is 27.8. The van der Waals surface area contributed by atoms with Crippen molar-refractivity contribution in [3.63, 3.8) is 0 Å². The molecule has 0 aliphatic carbocycles. The lowest BCUT2D eigenvalue weighted by molar-refractivity contribution is -0.140. The van der Waals surface area contributed by atoms with Crippen LogP contribution >= 0.6 is 7.60 Å². The molecule has 0 bridgehead atoms. The minimum atomic E-state index is -4.00. The van der Waals surface area contributed by atoms with Gasteiger partial charge in [-0.2, -0.15) is 0 Å². The Morgan fingerprint density at radius 1 is 1.33 bits per heavy atom. The van der Waals surface area contributed by atoms with Crippen LogP contribution in [0.5, 0.6) is 0 Å². The second-order valence-corrected chi connectivity index (χ2v) is 4.69. The van der Waals surface area contributed by atoms with E-state index in [9.17, 15) is 9.36 Å². The van der Waals surface area contributed by atoms with E-state index in [1.54, 1.807) is 0 Å². The molecule has 0 heterocycles. The molecule has 6 nitrogen and oxygen atoms in total. The van der Waals surface area contributed by atoms with Gasteiger partial charge in [-0.1, -0.05) is 6.58 Å². The molecule has 88 valence electrons. The molecule has 0 aliphatic heterocycles. The maximum absolute atomic E-state index is 10.8. The van der Waals surface area contributed by atoms with Crippen LogP contribution in [0.4, 0.5) is 0 Å². The van der Waals surface area contributed by atoms with Gasteiger partial charge in [-0.25, -0.2) is 4.79 Å². The third-order valence-corrected chi connectivity index (χ3v) is 2.10. The Morgan fingerprint density at radius 3 is 2.40 bits per heavy atom. The molecule has 0 spiro atoms. The average molecular weight is 238 g/mol. The van der Waals surface area contributed by atoms with Crippen molar-refractivity contribution in [1.29, 1.82) is 0 Å². The highest BCUT2D eigenvalue weighted by atomic mass is 31.2. The number of rotatable bonds is 7. The lowest BCUT2D eigenvalue weighted by Gasteiger charge is -2.06. The maximum Gasteiger partial charge on any atom is 0.333 e. The molecular formula is C8H15O6P. The summed E-state index contributed by atoms with van der Waals surface area (Å²) in [5.41, 5.74) is 0.296. The van der Waals surface area contributed by atoms with Crippen molar-refractivity contribution in [1.82, 2.24) is 0 Å². The second-order valence-electron chi connectivity index (χ2n) is 2.92. The predicted molar refractivity (Wildman–Crippen MR) is 53.5 cm³/mol. The normalized spacial score (nSPS) is 11.1. The van der Waals surface area contributed by atoms with Crippen LogP contribution in [0.3, 0.4) is 0 Å². The van der Waals surface area contributed by atoms with Crippen LogP contribution in [0.15, 0.2) is 12.2 Å². The number of esters is 1. The van der Waals surface area contributed by atoms with Crippen LogP contribution in [0.25, 0.3) is 0 Å². The van der Waals surface area contributed by atoms with Crippen molar-refractivity contribution in [3.05, 3.63) is 12.2 Å². The summed E-state index contributed by atoms with van der Waals surface area (Å²) < 4.78 is 19.9. The maximum atomic E-state index is 10.8. The minimum absolute atomic E-state index is 0.0485. The van der Waals surface area contributed by atoms with E-state index in [-0.39, 0.29) is 26.0 Å². The third kappa shape index (κ3) is 9.62. The number of ether oxygens (including phenoxy) is 2. The fourth-order valence-electron chi connectivity index (χ4n) is 0.602. The van der Waals surface area contributed by atoms with Crippen LogP contribution in [0.1, 0.15) is 6.92 Å². The zero-order valence-electron chi connectivity index (χ0n) is 8.51. The van der Waals surface area contributed by atoms with Crippen LogP contribution < -0.4 is 0 Å². The molecule has 0 aliphatic rings. The van der Waals surface area contributed by atoms with E-state index >= 15 is 0 Å². The zero-order chi connectivity index (χ0) is 11.9. The van der Waals surface area contributed by atoms with Crippen molar-refractivity contribution in [2.75, 3.05) is 26.0 Å². The van der Waals surface area contributed by atoms with E-state index < -0.39 is 13.6 Å². The highest BCUT2D eigenvalue weighted by Gasteiger charge is 2.11. The zero-order valence-corrected chi connectivity index (χ0v) is 9.40. The largest absolute Gasteiger partial charge is 0.460 e. The van der Waals surface area contributed by atoms with Gasteiger partial charge < -0.3 is 19.3 Å². The molecule has 0 unspecified atom stereocenters. The van der Waals surface area contributed by atoms with Crippen molar-refractivity contribution >= 4 is 13.6 Å². The van der Waals surface area contributed by atoms with Gasteiger partial charge in [0.05, 0.1) is 19.4 Å². The van der Waals surface area contributed by atoms with Crippen LogP contribution in [-0.4, -0.2) is 41.7 Å². The van der Waals surface area contributed by atoms with Crippen molar-refractivity contribution in [2.24, 2.45) is 0 Å². The van der Waals surface area contributed by atoms with E-state index in [1.807, 2.05) is 0 Å². The van der Waals surface area contributed by atoms with E-state index in [0.29, 0.717) is 5.57 Å². The first-order valence-corrected chi connectivity index (χ1v) is 6.07. The predicted octanol–water partition coefficient (Wildman–Crippen LogP) is 0.300. The summed E-state index contributed by atoms with van der Waals surface area (Å²) >= 11 is 0. The standard InChI is InChI=1S/C8H15O6P/c1-7(2)8(9)14-4-3-13-5-6-15(10,11)12/h1,3-6H2,2H3,(H2,10,11,12). The van der Waals surface area contributed by atoms with E-state index in [4.69, 9.17) is 14.5 Å². The molecule has 0 fully saturated rings. The molecule has 0 radical (unpaired) electrons. The summed E-state index contributed by atoms with van der Waals surface area (Å²) in [6, 6.07) is 0. The first-order chi connectivity index (χ1) is 6.83. The first-order valence-electron chi connectivity index (χ1n) is 4.28. The third-order valence-electron chi connectivity index (χ3n) is 1.34. The van der Waals surface area contributed by atoms with Crippen LogP contribution in [0, 0.1) is 0 Å². The molecule has 0 rings (SSSR count). The molecule has 0 aromatic carbocycles. The van der Waals surface area contributed by atoms with Crippen molar-refractivity contribution < 1.29 is 28.6 Å². The molecule has 0 aromatic heterocycles. The number of hydrogen-bond acceptors (Lipinski definition) is 4. The van der Waals surface area contributed by atoms with Gasteiger partial charge in [0.1, 0.15) is 6.61 Å². The van der Waals surface area contributed by atoms with E-state index in [2.05, 4.69) is 11.3 Å². The van der Waals surface area contributed by atoms with Crippen LogP contribution in [0.2, 0.25) is 0 Å². The molecule has 7 heteroatoms. The van der Waals surface area contributed by atoms with Crippen molar-refractivity contribution in [3.8, 4) is 0 Å². The summed E-state index contributed by atoms with van der Waals surface area (Å²) in [5.74, 6) is -0.506. The Bertz CT molecular complexity index is 268. The quantitative estimate of drug-likeness (QED) is 0.287. The van der Waals surface area contributed by atoms with Crippen molar-refractivity contribution in [2.45, 2.75) is 6.92 Å². The van der Waals surface area contributed by atoms with Gasteiger partial charge in [-0.15, -0.1) is 0 Å². The lowest BCUT2D eigenvalue weighted by atomic mass is 10.4. The Kier molecular flexibility index (Phi) is 6.43. The van der Waals surface area contributed by atoms with Gasteiger partial charge in [-0.05, 0) is 6.92 Å². The molecule has 0 atom stereocenters. The average Bonchev–Trinajstić information content (AvgIpc) is 2.08. The van der Waals surface area contributed by atoms with Crippen LogP contribution in [-0.2, 0) is 18.8 Å². The summed E-state index contributed by atoms with van der Waals surface area (Å²) in [7, 11) is -4.00. The summed E-state index contributed by atoms with van der Waals surface area (Å²) in [6.07, 6.45) is -0.332. The SMILES string of the molecule is C=C(C)C(=O)OCCOCCP(=O)(O)O. The molecule has 2 N–H and O–H groups in total. The Hall–Kier alpha value is -0.680. The minimum Gasteiger partial charge on any atom is -0.460 e. The van der Waals surface area contributed by atoms with E-state index in [0.717, 1.165) is 0 Å². The first kappa shape index (κ1) is 14.3. The Balaban J connectivity index is 3.37. The molecule has 0 saturated carbocycles. The smallest absolute Gasteiger partial charge is 0.333 e. The van der Waals surface area contributed by atoms with Gasteiger partial charge in [0.25, 0.3) is 0 Å². The Labute approximate surface area is 88.0 Å². The van der Waals surface area contributed by atoms with Gasteiger partial charge in [0.2, 0.25) is 0 Å².